The zero-order valence-corrected chi connectivity index (χ0v) is 8.99. The monoisotopic (exact) mass is 200 g/mol. The summed E-state index contributed by atoms with van der Waals surface area (Å²) >= 11 is 0. The lowest BCUT2D eigenvalue weighted by atomic mass is 10.1. The second-order valence-electron chi connectivity index (χ2n) is 2.87. The van der Waals surface area contributed by atoms with E-state index in [0.717, 1.165) is 11.5 Å². The largest absolute Gasteiger partial charge is 0.498 e. The van der Waals surface area contributed by atoms with Crippen molar-refractivity contribution in [2.24, 2.45) is 0 Å². The van der Waals surface area contributed by atoms with Gasteiger partial charge in [0, 0.05) is 19.6 Å². The Morgan fingerprint density at radius 2 is 1.79 bits per heavy atom. The molecule has 4 nitrogen and oxygen atoms in total. The van der Waals surface area contributed by atoms with Gasteiger partial charge in [-0.25, -0.2) is 0 Å². The molecule has 1 aliphatic rings. The second-order valence-corrected chi connectivity index (χ2v) is 2.87. The summed E-state index contributed by atoms with van der Waals surface area (Å²) < 4.78 is 20.8. The van der Waals surface area contributed by atoms with Gasteiger partial charge >= 0.3 is 0 Å². The van der Waals surface area contributed by atoms with Gasteiger partial charge in [0.1, 0.15) is 17.6 Å². The summed E-state index contributed by atoms with van der Waals surface area (Å²) in [6, 6.07) is 0. The minimum atomic E-state index is -0.0890. The minimum Gasteiger partial charge on any atom is -0.498 e. The minimum absolute atomic E-state index is 0.0890. The fourth-order valence-corrected chi connectivity index (χ4v) is 1.42. The Balaban J connectivity index is 2.92. The first kappa shape index (κ1) is 10.9. The first-order chi connectivity index (χ1) is 6.76. The van der Waals surface area contributed by atoms with E-state index in [1.165, 1.54) is 0 Å². The standard InChI is InChI=1S/C10H16O4/c1-11-7-5-9(13-3)10(14-4)6-8(7)12-2/h5,8H,6H2,1-4H3. The topological polar surface area (TPSA) is 36.9 Å². The molecule has 0 aromatic carbocycles. The van der Waals surface area contributed by atoms with Gasteiger partial charge in [-0.1, -0.05) is 0 Å². The number of hydrogen-bond donors (Lipinski definition) is 0. The Bertz CT molecular complexity index is 255. The van der Waals surface area contributed by atoms with Crippen LogP contribution >= 0.6 is 0 Å². The van der Waals surface area contributed by atoms with Gasteiger partial charge in [0.25, 0.3) is 0 Å². The summed E-state index contributed by atoms with van der Waals surface area (Å²) in [5.74, 6) is 2.22. The lowest BCUT2D eigenvalue weighted by Gasteiger charge is -2.24. The fourth-order valence-electron chi connectivity index (χ4n) is 1.42. The molecular weight excluding hydrogens is 184 g/mol. The van der Waals surface area contributed by atoms with Crippen LogP contribution in [0.15, 0.2) is 23.4 Å². The van der Waals surface area contributed by atoms with Gasteiger partial charge in [0.2, 0.25) is 0 Å². The van der Waals surface area contributed by atoms with E-state index in [1.54, 1.807) is 34.5 Å². The van der Waals surface area contributed by atoms with Crippen molar-refractivity contribution in [1.82, 2.24) is 0 Å². The van der Waals surface area contributed by atoms with E-state index in [1.807, 2.05) is 0 Å². The highest BCUT2D eigenvalue weighted by atomic mass is 16.5. The average molecular weight is 200 g/mol. The molecular formula is C10H16O4. The molecule has 1 atom stereocenters. The van der Waals surface area contributed by atoms with Gasteiger partial charge in [-0.05, 0) is 0 Å². The van der Waals surface area contributed by atoms with Gasteiger partial charge in [-0.2, -0.15) is 0 Å². The average Bonchev–Trinajstić information content (AvgIpc) is 2.26. The van der Waals surface area contributed by atoms with Crippen molar-refractivity contribution in [2.45, 2.75) is 12.5 Å². The Hall–Kier alpha value is -1.16. The summed E-state index contributed by atoms with van der Waals surface area (Å²) in [5.41, 5.74) is 0. The molecule has 0 fully saturated rings. The molecule has 0 spiro atoms. The zero-order chi connectivity index (χ0) is 10.6. The second kappa shape index (κ2) is 4.91. The van der Waals surface area contributed by atoms with Crippen LogP contribution in [0.25, 0.3) is 0 Å². The molecule has 1 unspecified atom stereocenters. The van der Waals surface area contributed by atoms with Crippen LogP contribution in [0.4, 0.5) is 0 Å². The van der Waals surface area contributed by atoms with Crippen LogP contribution in [0.1, 0.15) is 6.42 Å². The third-order valence-corrected chi connectivity index (χ3v) is 2.22. The van der Waals surface area contributed by atoms with Crippen molar-refractivity contribution in [3.8, 4) is 0 Å². The highest BCUT2D eigenvalue weighted by Gasteiger charge is 2.25. The molecule has 0 amide bonds. The van der Waals surface area contributed by atoms with Gasteiger partial charge in [0.05, 0.1) is 21.3 Å². The van der Waals surface area contributed by atoms with Crippen molar-refractivity contribution >= 4 is 0 Å². The third kappa shape index (κ3) is 2.01. The number of allylic oxidation sites excluding steroid dienone is 1. The van der Waals surface area contributed by atoms with Crippen LogP contribution in [0.5, 0.6) is 0 Å². The number of methoxy groups -OCH3 is 4. The Morgan fingerprint density at radius 1 is 1.07 bits per heavy atom. The molecule has 0 N–H and O–H groups in total. The van der Waals surface area contributed by atoms with Crippen molar-refractivity contribution < 1.29 is 18.9 Å². The maximum atomic E-state index is 5.26. The molecule has 1 aliphatic carbocycles. The summed E-state index contributed by atoms with van der Waals surface area (Å²) in [5, 5.41) is 0. The van der Waals surface area contributed by atoms with Crippen molar-refractivity contribution in [1.29, 1.82) is 0 Å². The molecule has 1 rings (SSSR count). The van der Waals surface area contributed by atoms with Crippen molar-refractivity contribution in [2.75, 3.05) is 28.4 Å². The number of hydrogen-bond acceptors (Lipinski definition) is 4. The molecule has 0 heterocycles. The van der Waals surface area contributed by atoms with Crippen LogP contribution in [0.3, 0.4) is 0 Å². The normalized spacial score (nSPS) is 21.7. The van der Waals surface area contributed by atoms with E-state index < -0.39 is 0 Å². The quantitative estimate of drug-likeness (QED) is 0.688. The molecule has 14 heavy (non-hydrogen) atoms. The van der Waals surface area contributed by atoms with Crippen molar-refractivity contribution in [3.63, 3.8) is 0 Å². The van der Waals surface area contributed by atoms with Gasteiger partial charge in [-0.3, -0.25) is 0 Å². The summed E-state index contributed by atoms with van der Waals surface area (Å²) in [4.78, 5) is 0. The van der Waals surface area contributed by atoms with E-state index in [4.69, 9.17) is 18.9 Å². The Morgan fingerprint density at radius 3 is 2.21 bits per heavy atom. The van der Waals surface area contributed by atoms with Crippen LogP contribution in [-0.4, -0.2) is 34.5 Å². The SMILES string of the molecule is COC1=CC(OC)=C(OC)CC1OC. The molecule has 0 saturated heterocycles. The van der Waals surface area contributed by atoms with Gasteiger partial charge in [-0.15, -0.1) is 0 Å². The van der Waals surface area contributed by atoms with E-state index in [-0.39, 0.29) is 6.10 Å². The highest BCUT2D eigenvalue weighted by Crippen LogP contribution is 2.27. The van der Waals surface area contributed by atoms with Crippen LogP contribution in [0, 0.1) is 0 Å². The molecule has 0 radical (unpaired) electrons. The molecule has 0 saturated carbocycles. The van der Waals surface area contributed by atoms with Crippen LogP contribution in [-0.2, 0) is 18.9 Å². The molecule has 0 bridgehead atoms. The predicted octanol–water partition coefficient (Wildman–Crippen LogP) is 1.44. The summed E-state index contributed by atoms with van der Waals surface area (Å²) in [6.45, 7) is 0. The van der Waals surface area contributed by atoms with E-state index in [2.05, 4.69) is 0 Å². The number of ether oxygens (including phenoxy) is 4. The fraction of sp³-hybridized carbons (Fsp3) is 0.600. The van der Waals surface area contributed by atoms with E-state index in [9.17, 15) is 0 Å². The maximum absolute atomic E-state index is 5.26. The first-order valence-electron chi connectivity index (χ1n) is 4.36. The smallest absolute Gasteiger partial charge is 0.159 e. The first-order valence-corrected chi connectivity index (χ1v) is 4.36. The lowest BCUT2D eigenvalue weighted by molar-refractivity contribution is 0.0584. The zero-order valence-electron chi connectivity index (χ0n) is 8.99. The van der Waals surface area contributed by atoms with E-state index in [0.29, 0.717) is 12.2 Å². The third-order valence-electron chi connectivity index (χ3n) is 2.22. The Labute approximate surface area is 84.1 Å². The van der Waals surface area contributed by atoms with E-state index >= 15 is 0 Å². The van der Waals surface area contributed by atoms with Gasteiger partial charge in [0.15, 0.2) is 5.76 Å². The number of rotatable bonds is 4. The highest BCUT2D eigenvalue weighted by molar-refractivity contribution is 5.27. The molecule has 80 valence electrons. The lowest BCUT2D eigenvalue weighted by Crippen LogP contribution is -2.21. The summed E-state index contributed by atoms with van der Waals surface area (Å²) in [6.07, 6.45) is 2.33. The van der Waals surface area contributed by atoms with Crippen LogP contribution < -0.4 is 0 Å². The molecule has 0 aromatic heterocycles. The van der Waals surface area contributed by atoms with Crippen molar-refractivity contribution in [3.05, 3.63) is 23.4 Å². The Kier molecular flexibility index (Phi) is 3.83. The van der Waals surface area contributed by atoms with Gasteiger partial charge < -0.3 is 18.9 Å². The van der Waals surface area contributed by atoms with Crippen LogP contribution in [0.2, 0.25) is 0 Å². The molecule has 0 aliphatic heterocycles. The maximum Gasteiger partial charge on any atom is 0.159 e. The molecule has 0 aromatic rings. The molecule has 4 heteroatoms. The predicted molar refractivity (Wildman–Crippen MR) is 51.6 cm³/mol. The summed E-state index contributed by atoms with van der Waals surface area (Å²) in [7, 11) is 6.48.